The maximum absolute atomic E-state index is 12.8. The first-order chi connectivity index (χ1) is 11.7. The van der Waals surface area contributed by atoms with E-state index in [1.165, 1.54) is 30.6 Å². The third kappa shape index (κ3) is 2.58. The van der Waals surface area contributed by atoms with Gasteiger partial charge in [0, 0.05) is 12.6 Å². The molecule has 0 aromatic carbocycles. The molecule has 3 atom stereocenters. The van der Waals surface area contributed by atoms with Gasteiger partial charge in [-0.2, -0.15) is 0 Å². The smallest absolute Gasteiger partial charge is 0.243 e. The van der Waals surface area contributed by atoms with Crippen molar-refractivity contribution in [1.82, 2.24) is 9.80 Å². The van der Waals surface area contributed by atoms with E-state index in [-0.39, 0.29) is 36.1 Å². The molecule has 0 aromatic rings. The van der Waals surface area contributed by atoms with E-state index in [1.54, 1.807) is 0 Å². The van der Waals surface area contributed by atoms with Gasteiger partial charge in [-0.05, 0) is 44.4 Å². The Bertz CT molecular complexity index is 553. The Hall–Kier alpha value is -1.65. The fourth-order valence-electron chi connectivity index (χ4n) is 5.19. The predicted octanol–water partition coefficient (Wildman–Crippen LogP) is 2.12. The standard InChI is InChI=1S/C19H26N2O3/c22-17(20-11-5-10-16(20)13-6-1-2-7-13)12-21-18(23)14-8-3-4-9-15(14)19(21)24/h3-4,13-16H,1-2,5-12H2/t14-,15-,16+/m1/s1. The largest absolute Gasteiger partial charge is 0.338 e. The van der Waals surface area contributed by atoms with E-state index in [0.717, 1.165) is 19.4 Å². The summed E-state index contributed by atoms with van der Waals surface area (Å²) in [6, 6.07) is 0.330. The summed E-state index contributed by atoms with van der Waals surface area (Å²) in [5, 5.41) is 0. The molecule has 2 aliphatic carbocycles. The first-order valence-electron chi connectivity index (χ1n) is 9.46. The summed E-state index contributed by atoms with van der Waals surface area (Å²) in [5.74, 6) is -0.163. The van der Waals surface area contributed by atoms with Crippen LogP contribution in [-0.2, 0) is 14.4 Å². The van der Waals surface area contributed by atoms with Crippen LogP contribution in [0.4, 0.5) is 0 Å². The van der Waals surface area contributed by atoms with E-state index in [1.807, 2.05) is 17.1 Å². The third-order valence-corrected chi connectivity index (χ3v) is 6.46. The first kappa shape index (κ1) is 15.9. The number of imide groups is 1. The molecular formula is C19H26N2O3. The second-order valence-corrected chi connectivity index (χ2v) is 7.76. The van der Waals surface area contributed by atoms with Gasteiger partial charge in [0.1, 0.15) is 6.54 Å². The lowest BCUT2D eigenvalue weighted by Gasteiger charge is -2.30. The van der Waals surface area contributed by atoms with Gasteiger partial charge in [-0.25, -0.2) is 0 Å². The fourth-order valence-corrected chi connectivity index (χ4v) is 5.19. The van der Waals surface area contributed by atoms with E-state index in [0.29, 0.717) is 24.8 Å². The molecule has 5 nitrogen and oxygen atoms in total. The van der Waals surface area contributed by atoms with Gasteiger partial charge in [0.2, 0.25) is 17.7 Å². The summed E-state index contributed by atoms with van der Waals surface area (Å²) in [5.41, 5.74) is 0. The zero-order valence-electron chi connectivity index (χ0n) is 14.2. The van der Waals surface area contributed by atoms with Gasteiger partial charge in [-0.1, -0.05) is 25.0 Å². The number of hydrogen-bond acceptors (Lipinski definition) is 3. The van der Waals surface area contributed by atoms with E-state index in [4.69, 9.17) is 0 Å². The second-order valence-electron chi connectivity index (χ2n) is 7.76. The minimum absolute atomic E-state index is 0.0299. The molecule has 0 radical (unpaired) electrons. The van der Waals surface area contributed by atoms with Gasteiger partial charge in [0.25, 0.3) is 0 Å². The van der Waals surface area contributed by atoms with E-state index >= 15 is 0 Å². The molecule has 4 rings (SSSR count). The zero-order chi connectivity index (χ0) is 16.7. The maximum atomic E-state index is 12.8. The molecule has 0 N–H and O–H groups in total. The summed E-state index contributed by atoms with van der Waals surface area (Å²) >= 11 is 0. The summed E-state index contributed by atoms with van der Waals surface area (Å²) in [6.07, 6.45) is 12.3. The molecule has 4 aliphatic rings. The van der Waals surface area contributed by atoms with Crippen molar-refractivity contribution >= 4 is 17.7 Å². The predicted molar refractivity (Wildman–Crippen MR) is 88.8 cm³/mol. The molecule has 0 aromatic heterocycles. The van der Waals surface area contributed by atoms with Crippen molar-refractivity contribution in [3.05, 3.63) is 12.2 Å². The van der Waals surface area contributed by atoms with Crippen LogP contribution < -0.4 is 0 Å². The van der Waals surface area contributed by atoms with Crippen molar-refractivity contribution in [2.45, 2.75) is 57.4 Å². The van der Waals surface area contributed by atoms with Crippen LogP contribution in [0.5, 0.6) is 0 Å². The second kappa shape index (κ2) is 6.34. The molecule has 2 saturated heterocycles. The van der Waals surface area contributed by atoms with Crippen LogP contribution in [0.25, 0.3) is 0 Å². The van der Waals surface area contributed by atoms with Gasteiger partial charge in [0.05, 0.1) is 11.8 Å². The molecule has 130 valence electrons. The highest BCUT2D eigenvalue weighted by atomic mass is 16.2. The van der Waals surface area contributed by atoms with Crippen molar-refractivity contribution in [3.8, 4) is 0 Å². The molecular weight excluding hydrogens is 304 g/mol. The molecule has 0 spiro atoms. The van der Waals surface area contributed by atoms with Gasteiger partial charge in [0.15, 0.2) is 0 Å². The Morgan fingerprint density at radius 1 is 0.958 bits per heavy atom. The molecule has 24 heavy (non-hydrogen) atoms. The van der Waals surface area contributed by atoms with Crippen LogP contribution in [0.2, 0.25) is 0 Å². The van der Waals surface area contributed by atoms with Crippen LogP contribution in [0.15, 0.2) is 12.2 Å². The lowest BCUT2D eigenvalue weighted by atomic mass is 9.85. The minimum Gasteiger partial charge on any atom is -0.338 e. The summed E-state index contributed by atoms with van der Waals surface area (Å²) < 4.78 is 0. The fraction of sp³-hybridized carbons (Fsp3) is 0.737. The lowest BCUT2D eigenvalue weighted by molar-refractivity contribution is -0.147. The van der Waals surface area contributed by atoms with Crippen molar-refractivity contribution < 1.29 is 14.4 Å². The quantitative estimate of drug-likeness (QED) is 0.588. The van der Waals surface area contributed by atoms with Gasteiger partial charge < -0.3 is 4.90 Å². The topological polar surface area (TPSA) is 57.7 Å². The van der Waals surface area contributed by atoms with Gasteiger partial charge in [-0.3, -0.25) is 19.3 Å². The number of amides is 3. The summed E-state index contributed by atoms with van der Waals surface area (Å²) in [6.45, 7) is 0.735. The molecule has 2 aliphatic heterocycles. The Labute approximate surface area is 143 Å². The number of hydrogen-bond donors (Lipinski definition) is 0. The summed E-state index contributed by atoms with van der Waals surface area (Å²) in [7, 11) is 0. The van der Waals surface area contributed by atoms with E-state index < -0.39 is 0 Å². The van der Waals surface area contributed by atoms with Gasteiger partial charge in [-0.15, -0.1) is 0 Å². The number of allylic oxidation sites excluding steroid dienone is 2. The van der Waals surface area contributed by atoms with Crippen molar-refractivity contribution in [2.24, 2.45) is 17.8 Å². The average Bonchev–Trinajstić information content (AvgIpc) is 3.31. The van der Waals surface area contributed by atoms with Crippen molar-refractivity contribution in [1.29, 1.82) is 0 Å². The number of carbonyl (C=O) groups is 3. The molecule has 0 unspecified atom stereocenters. The van der Waals surface area contributed by atoms with Crippen molar-refractivity contribution in [2.75, 3.05) is 13.1 Å². The Morgan fingerprint density at radius 3 is 2.21 bits per heavy atom. The molecule has 0 bridgehead atoms. The molecule has 5 heteroatoms. The van der Waals surface area contributed by atoms with Gasteiger partial charge >= 0.3 is 0 Å². The van der Waals surface area contributed by atoms with Crippen LogP contribution in [0.3, 0.4) is 0 Å². The number of nitrogens with zero attached hydrogens (tertiary/aromatic N) is 2. The Morgan fingerprint density at radius 2 is 1.58 bits per heavy atom. The molecule has 2 heterocycles. The third-order valence-electron chi connectivity index (χ3n) is 6.46. The van der Waals surface area contributed by atoms with Crippen molar-refractivity contribution in [3.63, 3.8) is 0 Å². The maximum Gasteiger partial charge on any atom is 0.243 e. The van der Waals surface area contributed by atoms with Crippen LogP contribution in [-0.4, -0.2) is 46.7 Å². The molecule has 1 saturated carbocycles. The monoisotopic (exact) mass is 330 g/mol. The normalized spacial score (nSPS) is 33.6. The highest BCUT2D eigenvalue weighted by molar-refractivity contribution is 6.07. The van der Waals surface area contributed by atoms with E-state index in [9.17, 15) is 14.4 Å². The SMILES string of the molecule is O=C1[C@@H]2CC=CC[C@H]2C(=O)N1CC(=O)N1CCC[C@H]1C1CCCC1. The first-order valence-corrected chi connectivity index (χ1v) is 9.46. The minimum atomic E-state index is -0.237. The Kier molecular flexibility index (Phi) is 4.19. The highest BCUT2D eigenvalue weighted by Crippen LogP contribution is 2.37. The number of fused-ring (bicyclic) bond motifs is 1. The zero-order valence-corrected chi connectivity index (χ0v) is 14.2. The van der Waals surface area contributed by atoms with E-state index in [2.05, 4.69) is 0 Å². The van der Waals surface area contributed by atoms with Crippen LogP contribution in [0.1, 0.15) is 51.4 Å². The number of rotatable bonds is 3. The lowest BCUT2D eigenvalue weighted by Crippen LogP contribution is -2.46. The molecule has 3 amide bonds. The average molecular weight is 330 g/mol. The molecule has 3 fully saturated rings. The van der Waals surface area contributed by atoms with Crippen LogP contribution >= 0.6 is 0 Å². The van der Waals surface area contributed by atoms with Crippen LogP contribution in [0, 0.1) is 17.8 Å². The summed E-state index contributed by atoms with van der Waals surface area (Å²) in [4.78, 5) is 41.1. The number of likely N-dealkylation sites (tertiary alicyclic amines) is 2. The Balaban J connectivity index is 1.44. The highest BCUT2D eigenvalue weighted by Gasteiger charge is 2.48. The number of carbonyl (C=O) groups excluding carboxylic acids is 3.